The van der Waals surface area contributed by atoms with Crippen LogP contribution in [0.4, 0.5) is 0 Å². The molecule has 0 saturated heterocycles. The highest BCUT2D eigenvalue weighted by Gasteiger charge is 2.22. The Kier molecular flexibility index (Phi) is 6.40. The first-order valence-corrected chi connectivity index (χ1v) is 6.87. The van der Waals surface area contributed by atoms with Crippen molar-refractivity contribution < 1.29 is 19.2 Å². The van der Waals surface area contributed by atoms with Gasteiger partial charge in [-0.2, -0.15) is 8.75 Å². The molecule has 0 aliphatic heterocycles. The molecule has 0 radical (unpaired) electrons. The SMILES string of the molecule is CCNC(=O)C(=O)CCC(NC(=O)c1cnsn1)C(N)=O. The third kappa shape index (κ3) is 5.26. The zero-order valence-corrected chi connectivity index (χ0v) is 12.1. The lowest BCUT2D eigenvalue weighted by molar-refractivity contribution is -0.138. The standard InChI is InChI=1S/C11H15N5O4S/c1-2-13-11(20)8(17)4-3-6(9(12)18)15-10(19)7-5-14-21-16-7/h5-6H,2-4H2,1H3,(H2,12,18)(H,13,20)(H,15,19). The molecule has 1 aromatic rings. The summed E-state index contributed by atoms with van der Waals surface area (Å²) in [6.07, 6.45) is 0.988. The molecule has 114 valence electrons. The van der Waals surface area contributed by atoms with Crippen LogP contribution in [0.25, 0.3) is 0 Å². The smallest absolute Gasteiger partial charge is 0.287 e. The average Bonchev–Trinajstić information content (AvgIpc) is 2.96. The highest BCUT2D eigenvalue weighted by atomic mass is 32.1. The minimum Gasteiger partial charge on any atom is -0.368 e. The Morgan fingerprint density at radius 2 is 2.10 bits per heavy atom. The molecule has 4 N–H and O–H groups in total. The normalized spacial score (nSPS) is 11.5. The fourth-order valence-corrected chi connectivity index (χ4v) is 1.84. The fraction of sp³-hybridized carbons (Fsp3) is 0.455. The number of Topliss-reactive ketones (excluding diaryl/α,β-unsaturated/α-hetero) is 1. The van der Waals surface area contributed by atoms with Gasteiger partial charge in [0, 0.05) is 13.0 Å². The zero-order chi connectivity index (χ0) is 15.8. The Balaban J connectivity index is 2.55. The number of ketones is 1. The number of nitrogens with zero attached hydrogens (tertiary/aromatic N) is 2. The van der Waals surface area contributed by atoms with E-state index < -0.39 is 29.5 Å². The number of amides is 3. The van der Waals surface area contributed by atoms with Gasteiger partial charge in [-0.1, -0.05) is 0 Å². The molecule has 21 heavy (non-hydrogen) atoms. The van der Waals surface area contributed by atoms with Crippen LogP contribution < -0.4 is 16.4 Å². The molecule has 1 unspecified atom stereocenters. The van der Waals surface area contributed by atoms with E-state index in [2.05, 4.69) is 19.4 Å². The quantitative estimate of drug-likeness (QED) is 0.504. The zero-order valence-electron chi connectivity index (χ0n) is 11.3. The van der Waals surface area contributed by atoms with E-state index in [-0.39, 0.29) is 18.5 Å². The van der Waals surface area contributed by atoms with Gasteiger partial charge in [-0.15, -0.1) is 0 Å². The Bertz CT molecular complexity index is 531. The fourth-order valence-electron chi connectivity index (χ4n) is 1.43. The number of nitrogens with two attached hydrogens (primary N) is 1. The number of likely N-dealkylation sites (N-methyl/N-ethyl adjacent to an activating group) is 1. The van der Waals surface area contributed by atoms with Gasteiger partial charge in [-0.25, -0.2) is 0 Å². The van der Waals surface area contributed by atoms with Crippen LogP contribution >= 0.6 is 11.7 Å². The predicted octanol–water partition coefficient (Wildman–Crippen LogP) is -1.39. The molecule has 0 fully saturated rings. The van der Waals surface area contributed by atoms with E-state index in [4.69, 9.17) is 5.73 Å². The van der Waals surface area contributed by atoms with Crippen LogP contribution in [-0.4, -0.2) is 44.8 Å². The summed E-state index contributed by atoms with van der Waals surface area (Å²) in [5, 5.41) is 4.70. The van der Waals surface area contributed by atoms with Crippen molar-refractivity contribution in [2.75, 3.05) is 6.54 Å². The lowest BCUT2D eigenvalue weighted by Gasteiger charge is -2.13. The van der Waals surface area contributed by atoms with Crippen molar-refractivity contribution in [3.63, 3.8) is 0 Å². The molecule has 1 rings (SSSR count). The van der Waals surface area contributed by atoms with Gasteiger partial charge in [0.15, 0.2) is 5.69 Å². The van der Waals surface area contributed by atoms with Crippen molar-refractivity contribution in [1.82, 2.24) is 19.4 Å². The lowest BCUT2D eigenvalue weighted by Crippen LogP contribution is -2.45. The van der Waals surface area contributed by atoms with Gasteiger partial charge in [-0.05, 0) is 13.3 Å². The number of nitrogens with one attached hydrogen (secondary N) is 2. The maximum Gasteiger partial charge on any atom is 0.287 e. The van der Waals surface area contributed by atoms with Crippen molar-refractivity contribution in [2.45, 2.75) is 25.8 Å². The van der Waals surface area contributed by atoms with E-state index in [0.29, 0.717) is 6.54 Å². The first-order chi connectivity index (χ1) is 9.95. The number of rotatable bonds is 8. The summed E-state index contributed by atoms with van der Waals surface area (Å²) in [6.45, 7) is 2.01. The summed E-state index contributed by atoms with van der Waals surface area (Å²) in [7, 11) is 0. The maximum atomic E-state index is 11.7. The van der Waals surface area contributed by atoms with Crippen molar-refractivity contribution >= 4 is 35.2 Å². The largest absolute Gasteiger partial charge is 0.368 e. The molecule has 0 aliphatic carbocycles. The third-order valence-electron chi connectivity index (χ3n) is 2.49. The first kappa shape index (κ1) is 16.7. The minimum atomic E-state index is -1.06. The van der Waals surface area contributed by atoms with Gasteiger partial charge >= 0.3 is 0 Å². The highest BCUT2D eigenvalue weighted by molar-refractivity contribution is 6.99. The number of hydrogen-bond acceptors (Lipinski definition) is 7. The summed E-state index contributed by atoms with van der Waals surface area (Å²) >= 11 is 0.847. The van der Waals surface area contributed by atoms with Gasteiger partial charge in [0.1, 0.15) is 6.04 Å². The molecule has 1 atom stereocenters. The molecular formula is C11H15N5O4S. The minimum absolute atomic E-state index is 0.0568. The first-order valence-electron chi connectivity index (χ1n) is 6.14. The number of carbonyl (C=O) groups is 4. The molecule has 1 aromatic heterocycles. The molecule has 0 saturated carbocycles. The summed E-state index contributed by atoms with van der Waals surface area (Å²) in [5.74, 6) is -2.81. The second kappa shape index (κ2) is 8.04. The van der Waals surface area contributed by atoms with Crippen LogP contribution in [0.1, 0.15) is 30.3 Å². The molecule has 0 bridgehead atoms. The van der Waals surface area contributed by atoms with Crippen LogP contribution in [0.2, 0.25) is 0 Å². The Morgan fingerprint density at radius 1 is 1.38 bits per heavy atom. The Labute approximate surface area is 124 Å². The Hall–Kier alpha value is -2.36. The topological polar surface area (TPSA) is 144 Å². The second-order valence-electron chi connectivity index (χ2n) is 4.04. The Morgan fingerprint density at radius 3 is 2.62 bits per heavy atom. The van der Waals surface area contributed by atoms with E-state index >= 15 is 0 Å². The summed E-state index contributed by atoms with van der Waals surface area (Å²) in [6, 6.07) is -1.06. The third-order valence-corrected chi connectivity index (χ3v) is 2.97. The monoisotopic (exact) mass is 313 g/mol. The van der Waals surface area contributed by atoms with E-state index in [0.717, 1.165) is 11.7 Å². The number of primary amides is 1. The van der Waals surface area contributed by atoms with Crippen molar-refractivity contribution in [3.05, 3.63) is 11.9 Å². The van der Waals surface area contributed by atoms with Gasteiger partial charge in [0.25, 0.3) is 11.8 Å². The number of hydrogen-bond donors (Lipinski definition) is 3. The van der Waals surface area contributed by atoms with E-state index in [1.807, 2.05) is 0 Å². The van der Waals surface area contributed by atoms with Gasteiger partial charge in [0.2, 0.25) is 11.7 Å². The molecule has 0 aromatic carbocycles. The molecule has 3 amide bonds. The van der Waals surface area contributed by atoms with Crippen LogP contribution in [0.5, 0.6) is 0 Å². The van der Waals surface area contributed by atoms with Crippen LogP contribution in [-0.2, 0) is 14.4 Å². The molecule has 1 heterocycles. The predicted molar refractivity (Wildman–Crippen MR) is 73.3 cm³/mol. The summed E-state index contributed by atoms with van der Waals surface area (Å²) < 4.78 is 7.37. The van der Waals surface area contributed by atoms with Crippen molar-refractivity contribution in [2.24, 2.45) is 5.73 Å². The highest BCUT2D eigenvalue weighted by Crippen LogP contribution is 2.02. The average molecular weight is 313 g/mol. The molecule has 10 heteroatoms. The van der Waals surface area contributed by atoms with Crippen molar-refractivity contribution in [1.29, 1.82) is 0 Å². The number of carbonyl (C=O) groups excluding carboxylic acids is 4. The maximum absolute atomic E-state index is 11.7. The summed E-state index contributed by atoms with van der Waals surface area (Å²) in [4.78, 5) is 45.7. The van der Waals surface area contributed by atoms with Crippen LogP contribution in [0, 0.1) is 0 Å². The van der Waals surface area contributed by atoms with E-state index in [9.17, 15) is 19.2 Å². The van der Waals surface area contributed by atoms with Gasteiger partial charge in [-0.3, -0.25) is 19.2 Å². The van der Waals surface area contributed by atoms with Crippen LogP contribution in [0.15, 0.2) is 6.20 Å². The molecule has 9 nitrogen and oxygen atoms in total. The van der Waals surface area contributed by atoms with Crippen LogP contribution in [0.3, 0.4) is 0 Å². The van der Waals surface area contributed by atoms with E-state index in [1.54, 1.807) is 6.92 Å². The van der Waals surface area contributed by atoms with Gasteiger partial charge < -0.3 is 16.4 Å². The second-order valence-corrected chi connectivity index (χ2v) is 4.60. The van der Waals surface area contributed by atoms with Gasteiger partial charge in [0.05, 0.1) is 17.9 Å². The molecule has 0 spiro atoms. The molecule has 0 aliphatic rings. The number of aromatic nitrogens is 2. The van der Waals surface area contributed by atoms with Crippen molar-refractivity contribution in [3.8, 4) is 0 Å². The molecular weight excluding hydrogens is 298 g/mol. The van der Waals surface area contributed by atoms with E-state index in [1.165, 1.54) is 6.20 Å². The lowest BCUT2D eigenvalue weighted by atomic mass is 10.1. The summed E-state index contributed by atoms with van der Waals surface area (Å²) in [5.41, 5.74) is 5.22.